The number of nitro benzene ring substituents is 1. The van der Waals surface area contributed by atoms with Gasteiger partial charge in [0.05, 0.1) is 11.1 Å². The summed E-state index contributed by atoms with van der Waals surface area (Å²) in [6.45, 7) is 3.30. The molecule has 0 spiro atoms. The van der Waals surface area contributed by atoms with Gasteiger partial charge in [-0.2, -0.15) is 5.10 Å². The molecule has 0 fully saturated rings. The minimum Gasteiger partial charge on any atom is -0.365 e. The van der Waals surface area contributed by atoms with Gasteiger partial charge in [-0.1, -0.05) is 0 Å². The Morgan fingerprint density at radius 3 is 2.43 bits per heavy atom. The number of carbonyl (C=O) groups is 1. The lowest BCUT2D eigenvalue weighted by Gasteiger charge is -2.08. The summed E-state index contributed by atoms with van der Waals surface area (Å²) in [5, 5.41) is 14.6. The van der Waals surface area contributed by atoms with Crippen LogP contribution in [0.4, 0.5) is 5.69 Å². The largest absolute Gasteiger partial charge is 0.365 e. The molecule has 0 aliphatic heterocycles. The van der Waals surface area contributed by atoms with Crippen molar-refractivity contribution >= 4 is 17.8 Å². The number of hydrogen-bond donors (Lipinski definition) is 1. The van der Waals surface area contributed by atoms with Crippen LogP contribution in [0.2, 0.25) is 0 Å². The lowest BCUT2D eigenvalue weighted by molar-refractivity contribution is -0.384. The van der Waals surface area contributed by atoms with E-state index in [0.717, 1.165) is 4.68 Å². The van der Waals surface area contributed by atoms with E-state index in [2.05, 4.69) is 5.10 Å². The highest BCUT2D eigenvalue weighted by atomic mass is 16.6. The third-order valence-electron chi connectivity index (χ3n) is 3.23. The van der Waals surface area contributed by atoms with Crippen molar-refractivity contribution in [2.45, 2.75) is 13.8 Å². The van der Waals surface area contributed by atoms with Crippen LogP contribution in [-0.4, -0.2) is 21.7 Å². The normalized spacial score (nSPS) is 10.9. The van der Waals surface area contributed by atoms with Gasteiger partial charge in [0.2, 0.25) is 0 Å². The molecular weight excluding hydrogens is 300 g/mol. The molecule has 0 radical (unpaired) electrons. The number of amides is 1. The van der Waals surface area contributed by atoms with Gasteiger partial charge in [0.15, 0.2) is 0 Å². The molecule has 2 aromatic rings. The summed E-state index contributed by atoms with van der Waals surface area (Å²) in [5.74, 6) is -0.813. The third kappa shape index (κ3) is 3.31. The van der Waals surface area contributed by atoms with E-state index in [-0.39, 0.29) is 11.3 Å². The molecule has 0 aliphatic carbocycles. The van der Waals surface area contributed by atoms with Crippen LogP contribution < -0.4 is 11.3 Å². The summed E-state index contributed by atoms with van der Waals surface area (Å²) < 4.78 is 1.06. The van der Waals surface area contributed by atoms with E-state index >= 15 is 0 Å². The van der Waals surface area contributed by atoms with Crippen LogP contribution >= 0.6 is 0 Å². The van der Waals surface area contributed by atoms with Crippen molar-refractivity contribution in [1.82, 2.24) is 4.68 Å². The van der Waals surface area contributed by atoms with Crippen molar-refractivity contribution in [3.63, 3.8) is 0 Å². The molecule has 1 heterocycles. The molecule has 0 bridgehead atoms. The van der Waals surface area contributed by atoms with Gasteiger partial charge < -0.3 is 5.73 Å². The Morgan fingerprint density at radius 2 is 1.91 bits per heavy atom. The van der Waals surface area contributed by atoms with Crippen molar-refractivity contribution in [3.05, 3.63) is 73.2 Å². The minimum absolute atomic E-state index is 0.0400. The van der Waals surface area contributed by atoms with E-state index in [9.17, 15) is 19.7 Å². The fraction of sp³-hybridized carbons (Fsp3) is 0.133. The number of hydrogen-bond acceptors (Lipinski definition) is 5. The molecule has 0 atom stereocenters. The van der Waals surface area contributed by atoms with Crippen LogP contribution in [0.25, 0.3) is 0 Å². The van der Waals surface area contributed by atoms with E-state index in [0.29, 0.717) is 16.8 Å². The van der Waals surface area contributed by atoms with Gasteiger partial charge >= 0.3 is 0 Å². The number of nitrogens with two attached hydrogens (primary N) is 1. The Morgan fingerprint density at radius 1 is 1.30 bits per heavy atom. The third-order valence-corrected chi connectivity index (χ3v) is 3.23. The number of rotatable bonds is 4. The van der Waals surface area contributed by atoms with E-state index in [1.165, 1.54) is 30.5 Å². The van der Waals surface area contributed by atoms with Crippen molar-refractivity contribution in [2.75, 3.05) is 0 Å². The van der Waals surface area contributed by atoms with E-state index in [4.69, 9.17) is 5.73 Å². The van der Waals surface area contributed by atoms with Crippen LogP contribution in [0.5, 0.6) is 0 Å². The first-order chi connectivity index (χ1) is 10.8. The van der Waals surface area contributed by atoms with Crippen molar-refractivity contribution in [2.24, 2.45) is 10.8 Å². The maximum Gasteiger partial charge on any atom is 0.284 e. The van der Waals surface area contributed by atoms with Crippen molar-refractivity contribution in [3.8, 4) is 0 Å². The molecule has 0 saturated heterocycles. The van der Waals surface area contributed by atoms with E-state index < -0.39 is 16.4 Å². The summed E-state index contributed by atoms with van der Waals surface area (Å²) in [7, 11) is 0. The standard InChI is InChI=1S/C15H14N4O4/c1-9-7-10(2)18(15(21)13(9)14(16)20)17-8-11-3-5-12(6-4-11)19(22)23/h3-8H,1-2H3,(H2,16,20). The van der Waals surface area contributed by atoms with Crippen molar-refractivity contribution < 1.29 is 9.72 Å². The summed E-state index contributed by atoms with van der Waals surface area (Å²) in [6.07, 6.45) is 1.37. The minimum atomic E-state index is -0.813. The highest BCUT2D eigenvalue weighted by molar-refractivity contribution is 5.93. The first-order valence-corrected chi connectivity index (χ1v) is 6.63. The smallest absolute Gasteiger partial charge is 0.284 e. The lowest BCUT2D eigenvalue weighted by atomic mass is 10.1. The molecule has 1 aromatic carbocycles. The molecule has 118 valence electrons. The zero-order valence-corrected chi connectivity index (χ0v) is 12.5. The van der Waals surface area contributed by atoms with Crippen LogP contribution in [0.1, 0.15) is 27.2 Å². The second kappa shape index (κ2) is 6.22. The molecule has 2 N–H and O–H groups in total. The molecule has 0 unspecified atom stereocenters. The van der Waals surface area contributed by atoms with Crippen LogP contribution in [-0.2, 0) is 0 Å². The number of nitro groups is 1. The summed E-state index contributed by atoms with van der Waals surface area (Å²) in [5.41, 5.74) is 6.06. The predicted octanol–water partition coefficient (Wildman–Crippen LogP) is 1.35. The van der Waals surface area contributed by atoms with Crippen LogP contribution in [0.15, 0.2) is 40.2 Å². The highest BCUT2D eigenvalue weighted by Crippen LogP contribution is 2.11. The second-order valence-electron chi connectivity index (χ2n) is 4.92. The monoisotopic (exact) mass is 314 g/mol. The molecule has 0 aliphatic rings. The number of non-ortho nitro benzene ring substituents is 1. The Bertz CT molecular complexity index is 866. The maximum absolute atomic E-state index is 12.3. The fourth-order valence-corrected chi connectivity index (χ4v) is 2.13. The van der Waals surface area contributed by atoms with Gasteiger partial charge in [0.1, 0.15) is 5.56 Å². The number of primary amides is 1. The fourth-order valence-electron chi connectivity index (χ4n) is 2.13. The van der Waals surface area contributed by atoms with Gasteiger partial charge in [0, 0.05) is 17.8 Å². The quantitative estimate of drug-likeness (QED) is 0.520. The number of aromatic nitrogens is 1. The highest BCUT2D eigenvalue weighted by Gasteiger charge is 2.14. The number of carbonyl (C=O) groups excluding carboxylic acids is 1. The molecule has 8 nitrogen and oxygen atoms in total. The van der Waals surface area contributed by atoms with Gasteiger partial charge in [-0.3, -0.25) is 19.7 Å². The Hall–Kier alpha value is -3.29. The van der Waals surface area contributed by atoms with Crippen LogP contribution in [0, 0.1) is 24.0 Å². The van der Waals surface area contributed by atoms with Gasteiger partial charge in [-0.05, 0) is 43.2 Å². The zero-order valence-electron chi connectivity index (χ0n) is 12.5. The molecule has 0 saturated carbocycles. The molecule has 1 aromatic heterocycles. The summed E-state index contributed by atoms with van der Waals surface area (Å²) in [6, 6.07) is 7.31. The SMILES string of the molecule is Cc1cc(C)n(N=Cc2ccc([N+](=O)[O-])cc2)c(=O)c1C(N)=O. The number of benzene rings is 1. The van der Waals surface area contributed by atoms with Gasteiger partial charge in [-0.25, -0.2) is 4.68 Å². The Kier molecular flexibility index (Phi) is 4.35. The van der Waals surface area contributed by atoms with Crippen molar-refractivity contribution in [1.29, 1.82) is 0 Å². The number of nitrogens with zero attached hydrogens (tertiary/aromatic N) is 3. The van der Waals surface area contributed by atoms with E-state index in [1.807, 2.05) is 0 Å². The topological polar surface area (TPSA) is 121 Å². The molecule has 1 amide bonds. The second-order valence-corrected chi connectivity index (χ2v) is 4.92. The van der Waals surface area contributed by atoms with Gasteiger partial charge in [0.25, 0.3) is 17.2 Å². The molecular formula is C15H14N4O4. The molecule has 8 heteroatoms. The number of aryl methyl sites for hydroxylation is 2. The Labute approximate surface area is 131 Å². The van der Waals surface area contributed by atoms with E-state index in [1.54, 1.807) is 19.9 Å². The summed E-state index contributed by atoms with van der Waals surface area (Å²) in [4.78, 5) is 33.7. The lowest BCUT2D eigenvalue weighted by Crippen LogP contribution is -2.30. The van der Waals surface area contributed by atoms with Gasteiger partial charge in [-0.15, -0.1) is 0 Å². The van der Waals surface area contributed by atoms with Crippen LogP contribution in [0.3, 0.4) is 0 Å². The maximum atomic E-state index is 12.3. The zero-order chi connectivity index (χ0) is 17.1. The average molecular weight is 314 g/mol. The predicted molar refractivity (Wildman–Crippen MR) is 84.8 cm³/mol. The Balaban J connectivity index is 2.43. The number of pyridine rings is 1. The first kappa shape index (κ1) is 16.1. The summed E-state index contributed by atoms with van der Waals surface area (Å²) >= 11 is 0. The average Bonchev–Trinajstić information content (AvgIpc) is 2.46. The first-order valence-electron chi connectivity index (χ1n) is 6.63. The molecule has 23 heavy (non-hydrogen) atoms. The molecule has 2 rings (SSSR count).